The van der Waals surface area contributed by atoms with Crippen LogP contribution in [0.5, 0.6) is 0 Å². The molecule has 3 amide bonds. The Morgan fingerprint density at radius 1 is 0.500 bits per heavy atom. The van der Waals surface area contributed by atoms with Gasteiger partial charge in [-0.15, -0.1) is 0 Å². The van der Waals surface area contributed by atoms with Crippen molar-refractivity contribution in [3.63, 3.8) is 0 Å². The lowest BCUT2D eigenvalue weighted by Crippen LogP contribution is -2.35. The molecule has 16 nitrogen and oxygen atoms in total. The number of nitrogens with zero attached hydrogens (tertiary/aromatic N) is 1. The molecule has 0 aromatic heterocycles. The van der Waals surface area contributed by atoms with Crippen molar-refractivity contribution in [2.45, 2.75) is 6.42 Å². The van der Waals surface area contributed by atoms with E-state index in [0.29, 0.717) is 145 Å². The minimum atomic E-state index is -0.396. The molecular formula is C30H54N2O14. The first kappa shape index (κ1) is 41.9. The second-order valence-electron chi connectivity index (χ2n) is 9.38. The Labute approximate surface area is 272 Å². The van der Waals surface area contributed by atoms with E-state index in [0.717, 1.165) is 4.90 Å². The van der Waals surface area contributed by atoms with Gasteiger partial charge in [-0.1, -0.05) is 0 Å². The maximum Gasteiger partial charge on any atom is 0.253 e. The van der Waals surface area contributed by atoms with Crippen LogP contribution < -0.4 is 5.32 Å². The number of nitrogens with one attached hydrogen (secondary N) is 1. The number of ether oxygens (including phenoxy) is 11. The molecule has 0 fully saturated rings. The number of hydrogen-bond acceptors (Lipinski definition) is 14. The summed E-state index contributed by atoms with van der Waals surface area (Å²) in [6, 6.07) is 0. The van der Waals surface area contributed by atoms with Crippen LogP contribution in [0.3, 0.4) is 0 Å². The molecule has 1 aliphatic rings. The molecular weight excluding hydrogens is 612 g/mol. The Morgan fingerprint density at radius 2 is 0.783 bits per heavy atom. The van der Waals surface area contributed by atoms with E-state index >= 15 is 0 Å². The zero-order valence-electron chi connectivity index (χ0n) is 27.3. The van der Waals surface area contributed by atoms with Gasteiger partial charge in [0, 0.05) is 38.8 Å². The van der Waals surface area contributed by atoms with E-state index < -0.39 is 11.8 Å². The van der Waals surface area contributed by atoms with Crippen molar-refractivity contribution < 1.29 is 66.5 Å². The Balaban J connectivity index is 1.65. The van der Waals surface area contributed by atoms with Crippen molar-refractivity contribution >= 4 is 17.7 Å². The van der Waals surface area contributed by atoms with E-state index in [4.69, 9.17) is 52.1 Å². The summed E-state index contributed by atoms with van der Waals surface area (Å²) in [5.41, 5.74) is 0. The van der Waals surface area contributed by atoms with Gasteiger partial charge in [0.1, 0.15) is 0 Å². The van der Waals surface area contributed by atoms with E-state index in [2.05, 4.69) is 5.32 Å². The van der Waals surface area contributed by atoms with Gasteiger partial charge in [0.15, 0.2) is 0 Å². The Hall–Kier alpha value is -2.09. The molecule has 1 N–H and O–H groups in total. The SMILES string of the molecule is COCCOCCOCCOCCOCCOCCOCCOCCOCCOCCOCCNC(=O)CCN1C(=O)C=CC1=O. The summed E-state index contributed by atoms with van der Waals surface area (Å²) >= 11 is 0. The molecule has 1 heterocycles. The van der Waals surface area contributed by atoms with Crippen LogP contribution in [0.25, 0.3) is 0 Å². The fourth-order valence-corrected chi connectivity index (χ4v) is 3.44. The number of methoxy groups -OCH3 is 1. The largest absolute Gasteiger partial charge is 0.382 e. The maximum atomic E-state index is 11.8. The summed E-state index contributed by atoms with van der Waals surface area (Å²) in [7, 11) is 1.64. The molecule has 1 rings (SSSR count). The second-order valence-corrected chi connectivity index (χ2v) is 9.38. The molecule has 0 unspecified atom stereocenters. The van der Waals surface area contributed by atoms with Gasteiger partial charge < -0.3 is 57.4 Å². The number of amides is 3. The smallest absolute Gasteiger partial charge is 0.253 e. The monoisotopic (exact) mass is 666 g/mol. The maximum absolute atomic E-state index is 11.8. The van der Waals surface area contributed by atoms with Crippen LogP contribution in [0.4, 0.5) is 0 Å². The standard InChI is InChI=1S/C30H54N2O14/c1-36-8-9-38-12-13-40-16-17-42-20-21-44-24-25-46-27-26-45-23-22-43-19-18-41-15-14-39-11-10-37-7-5-31-28(33)4-6-32-29(34)2-3-30(32)35/h2-3H,4-27H2,1H3,(H,31,33). The van der Waals surface area contributed by atoms with Crippen molar-refractivity contribution in [1.82, 2.24) is 10.2 Å². The highest BCUT2D eigenvalue weighted by Gasteiger charge is 2.23. The number of imide groups is 1. The van der Waals surface area contributed by atoms with Crippen molar-refractivity contribution in [2.24, 2.45) is 0 Å². The first-order valence-corrected chi connectivity index (χ1v) is 15.7. The average molecular weight is 667 g/mol. The third-order valence-electron chi connectivity index (χ3n) is 5.81. The highest BCUT2D eigenvalue weighted by molar-refractivity contribution is 6.13. The zero-order valence-corrected chi connectivity index (χ0v) is 27.3. The van der Waals surface area contributed by atoms with Gasteiger partial charge in [0.05, 0.1) is 139 Å². The molecule has 0 atom stereocenters. The lowest BCUT2D eigenvalue weighted by atomic mass is 10.3. The van der Waals surface area contributed by atoms with E-state index in [-0.39, 0.29) is 18.9 Å². The van der Waals surface area contributed by atoms with Crippen LogP contribution in [0.1, 0.15) is 6.42 Å². The summed E-state index contributed by atoms with van der Waals surface area (Å²) in [4.78, 5) is 35.7. The van der Waals surface area contributed by atoms with Crippen LogP contribution in [-0.2, 0) is 66.5 Å². The highest BCUT2D eigenvalue weighted by Crippen LogP contribution is 2.03. The van der Waals surface area contributed by atoms with Gasteiger partial charge in [0.25, 0.3) is 11.8 Å². The third kappa shape index (κ3) is 27.1. The van der Waals surface area contributed by atoms with Crippen molar-refractivity contribution in [3.05, 3.63) is 12.2 Å². The van der Waals surface area contributed by atoms with Crippen molar-refractivity contribution in [1.29, 1.82) is 0 Å². The molecule has 46 heavy (non-hydrogen) atoms. The predicted molar refractivity (Wildman–Crippen MR) is 164 cm³/mol. The van der Waals surface area contributed by atoms with Gasteiger partial charge in [0.2, 0.25) is 5.91 Å². The summed E-state index contributed by atoms with van der Waals surface area (Å²) in [6.45, 7) is 10.6. The average Bonchev–Trinajstić information content (AvgIpc) is 3.38. The minimum Gasteiger partial charge on any atom is -0.382 e. The minimum absolute atomic E-state index is 0.0538. The lowest BCUT2D eigenvalue weighted by molar-refractivity contribution is -0.137. The van der Waals surface area contributed by atoms with E-state index in [1.165, 1.54) is 12.2 Å². The topological polar surface area (TPSA) is 168 Å². The van der Waals surface area contributed by atoms with Gasteiger partial charge in [-0.2, -0.15) is 0 Å². The number of carbonyl (C=O) groups is 3. The molecule has 0 aromatic carbocycles. The summed E-state index contributed by atoms with van der Waals surface area (Å²) in [6.07, 6.45) is 2.44. The van der Waals surface area contributed by atoms with Gasteiger partial charge in [-0.05, 0) is 0 Å². The molecule has 0 saturated heterocycles. The normalized spacial score (nSPS) is 12.9. The lowest BCUT2D eigenvalue weighted by Gasteiger charge is -2.13. The summed E-state index contributed by atoms with van der Waals surface area (Å²) in [5.74, 6) is -1.04. The molecule has 0 radical (unpaired) electrons. The number of carbonyl (C=O) groups excluding carboxylic acids is 3. The van der Waals surface area contributed by atoms with Crippen LogP contribution >= 0.6 is 0 Å². The highest BCUT2D eigenvalue weighted by atomic mass is 16.6. The molecule has 0 spiro atoms. The number of rotatable bonds is 36. The molecule has 0 aliphatic carbocycles. The van der Waals surface area contributed by atoms with E-state index in [1.54, 1.807) is 7.11 Å². The molecule has 0 bridgehead atoms. The Kier molecular flexibility index (Phi) is 29.9. The Morgan fingerprint density at radius 3 is 1.09 bits per heavy atom. The second kappa shape index (κ2) is 32.8. The summed E-state index contributed by atoms with van der Waals surface area (Å²) < 4.78 is 59.1. The van der Waals surface area contributed by atoms with Gasteiger partial charge >= 0.3 is 0 Å². The first-order chi connectivity index (χ1) is 22.6. The zero-order chi connectivity index (χ0) is 33.2. The predicted octanol–water partition coefficient (Wildman–Crippen LogP) is -0.770. The van der Waals surface area contributed by atoms with Crippen LogP contribution in [0, 0.1) is 0 Å². The molecule has 1 aliphatic heterocycles. The quantitative estimate of drug-likeness (QED) is 0.0654. The van der Waals surface area contributed by atoms with Crippen LogP contribution in [-0.4, -0.2) is 182 Å². The fraction of sp³-hybridized carbons (Fsp3) is 0.833. The van der Waals surface area contributed by atoms with Crippen LogP contribution in [0.15, 0.2) is 12.2 Å². The van der Waals surface area contributed by atoms with Crippen molar-refractivity contribution in [3.8, 4) is 0 Å². The van der Waals surface area contributed by atoms with Gasteiger partial charge in [-0.25, -0.2) is 0 Å². The third-order valence-corrected chi connectivity index (χ3v) is 5.81. The van der Waals surface area contributed by atoms with E-state index in [9.17, 15) is 14.4 Å². The summed E-state index contributed by atoms with van der Waals surface area (Å²) in [5, 5.41) is 2.68. The molecule has 268 valence electrons. The van der Waals surface area contributed by atoms with Crippen molar-refractivity contribution in [2.75, 3.05) is 159 Å². The fourth-order valence-electron chi connectivity index (χ4n) is 3.44. The molecule has 0 aromatic rings. The first-order valence-electron chi connectivity index (χ1n) is 15.7. The van der Waals surface area contributed by atoms with E-state index in [1.807, 2.05) is 0 Å². The molecule has 16 heteroatoms. The van der Waals surface area contributed by atoms with Crippen LogP contribution in [0.2, 0.25) is 0 Å². The Bertz CT molecular complexity index is 756. The number of hydrogen-bond donors (Lipinski definition) is 1. The molecule has 0 saturated carbocycles. The van der Waals surface area contributed by atoms with Gasteiger partial charge in [-0.3, -0.25) is 19.3 Å².